The summed E-state index contributed by atoms with van der Waals surface area (Å²) in [6.45, 7) is 0.193. The van der Waals surface area contributed by atoms with Crippen LogP contribution in [0.15, 0.2) is 42.7 Å². The third-order valence-electron chi connectivity index (χ3n) is 4.36. The number of pyridine rings is 1. The average molecular weight is 376 g/mol. The first kappa shape index (κ1) is 16.8. The Morgan fingerprint density at radius 1 is 1.23 bits per heavy atom. The average Bonchev–Trinajstić information content (AvgIpc) is 3.40. The smallest absolute Gasteiger partial charge is 0.326 e. The molecule has 4 rings (SSSR count). The van der Waals surface area contributed by atoms with Crippen LogP contribution in [0.5, 0.6) is 0 Å². The van der Waals surface area contributed by atoms with Gasteiger partial charge in [0.15, 0.2) is 0 Å². The lowest BCUT2D eigenvalue weighted by atomic mass is 10.2. The number of nitrogens with one attached hydrogen (secondary N) is 1. The van der Waals surface area contributed by atoms with Crippen molar-refractivity contribution in [3.63, 3.8) is 0 Å². The lowest BCUT2D eigenvalue weighted by Gasteiger charge is -2.21. The fourth-order valence-electron chi connectivity index (χ4n) is 3.06. The molecule has 1 amide bonds. The number of amides is 1. The van der Waals surface area contributed by atoms with Crippen LogP contribution in [-0.2, 0) is 10.2 Å². The standard InChI is InChI=1S/C17H17FN4O3S/c18-13-9-12(10-19-11-13)17(23)20-7-8-21-15-3-1-2-4-16(15)22(14-5-6-14)26(21,24)25/h1-4,9-11,14H,5-8H2,(H,20,23). The summed E-state index contributed by atoms with van der Waals surface area (Å²) in [5, 5.41) is 2.61. The molecule has 0 atom stereocenters. The molecule has 0 radical (unpaired) electrons. The second-order valence-electron chi connectivity index (χ2n) is 6.24. The quantitative estimate of drug-likeness (QED) is 0.861. The fraction of sp³-hybridized carbons (Fsp3) is 0.294. The molecule has 1 saturated carbocycles. The summed E-state index contributed by atoms with van der Waals surface area (Å²) in [7, 11) is -3.65. The predicted molar refractivity (Wildman–Crippen MR) is 94.7 cm³/mol. The predicted octanol–water partition coefficient (Wildman–Crippen LogP) is 1.68. The zero-order valence-electron chi connectivity index (χ0n) is 13.8. The third-order valence-corrected chi connectivity index (χ3v) is 6.29. The van der Waals surface area contributed by atoms with Crippen LogP contribution >= 0.6 is 0 Å². The minimum Gasteiger partial charge on any atom is -0.350 e. The maximum absolute atomic E-state index is 13.2. The van der Waals surface area contributed by atoms with Crippen LogP contribution in [0, 0.1) is 5.82 Å². The van der Waals surface area contributed by atoms with Crippen molar-refractivity contribution in [3.05, 3.63) is 54.1 Å². The van der Waals surface area contributed by atoms with Gasteiger partial charge in [0.2, 0.25) is 0 Å². The minimum atomic E-state index is -3.65. The van der Waals surface area contributed by atoms with Crippen molar-refractivity contribution in [3.8, 4) is 0 Å². The molecule has 136 valence electrons. The normalized spacial score (nSPS) is 17.9. The maximum Gasteiger partial charge on any atom is 0.326 e. The van der Waals surface area contributed by atoms with E-state index in [1.807, 2.05) is 6.07 Å². The van der Waals surface area contributed by atoms with Crippen LogP contribution in [0.1, 0.15) is 23.2 Å². The van der Waals surface area contributed by atoms with Gasteiger partial charge in [0.05, 0.1) is 29.7 Å². The Morgan fingerprint density at radius 2 is 1.96 bits per heavy atom. The number of hydrogen-bond acceptors (Lipinski definition) is 4. The molecule has 1 aliphatic carbocycles. The first-order valence-corrected chi connectivity index (χ1v) is 9.68. The van der Waals surface area contributed by atoms with Crippen LogP contribution in [0.25, 0.3) is 0 Å². The fourth-order valence-corrected chi connectivity index (χ4v) is 4.98. The van der Waals surface area contributed by atoms with Gasteiger partial charge in [0.25, 0.3) is 5.91 Å². The molecule has 2 heterocycles. The Morgan fingerprint density at radius 3 is 2.65 bits per heavy atom. The first-order valence-electron chi connectivity index (χ1n) is 8.28. The number of benzene rings is 1. The van der Waals surface area contributed by atoms with Gasteiger partial charge in [0, 0.05) is 18.8 Å². The highest BCUT2D eigenvalue weighted by molar-refractivity contribution is 7.94. The van der Waals surface area contributed by atoms with Gasteiger partial charge in [-0.05, 0) is 31.0 Å². The molecule has 0 bridgehead atoms. The van der Waals surface area contributed by atoms with Gasteiger partial charge in [-0.3, -0.25) is 9.78 Å². The number of anilines is 2. The molecule has 0 saturated heterocycles. The Labute approximate surface area is 150 Å². The molecule has 1 fully saturated rings. The number of para-hydroxylation sites is 2. The third kappa shape index (κ3) is 2.88. The lowest BCUT2D eigenvalue weighted by molar-refractivity contribution is 0.0954. The summed E-state index contributed by atoms with van der Waals surface area (Å²) < 4.78 is 41.7. The molecular weight excluding hydrogens is 359 g/mol. The zero-order chi connectivity index (χ0) is 18.3. The Balaban J connectivity index is 1.49. The molecule has 2 aliphatic rings. The van der Waals surface area contributed by atoms with Crippen molar-refractivity contribution in [2.75, 3.05) is 21.7 Å². The van der Waals surface area contributed by atoms with Gasteiger partial charge >= 0.3 is 10.2 Å². The van der Waals surface area contributed by atoms with Crippen LogP contribution in [0.3, 0.4) is 0 Å². The van der Waals surface area contributed by atoms with E-state index >= 15 is 0 Å². The van der Waals surface area contributed by atoms with E-state index in [-0.39, 0.29) is 24.7 Å². The van der Waals surface area contributed by atoms with E-state index in [9.17, 15) is 17.6 Å². The lowest BCUT2D eigenvalue weighted by Crippen LogP contribution is -2.42. The van der Waals surface area contributed by atoms with Gasteiger partial charge in [0.1, 0.15) is 5.82 Å². The summed E-state index contributed by atoms with van der Waals surface area (Å²) in [4.78, 5) is 15.7. The summed E-state index contributed by atoms with van der Waals surface area (Å²) in [6, 6.07) is 8.24. The van der Waals surface area contributed by atoms with E-state index in [4.69, 9.17) is 0 Å². The number of aromatic nitrogens is 1. The second-order valence-corrected chi connectivity index (χ2v) is 7.97. The number of hydrogen-bond donors (Lipinski definition) is 1. The van der Waals surface area contributed by atoms with Crippen molar-refractivity contribution in [2.45, 2.75) is 18.9 Å². The molecular formula is C17H17FN4O3S. The van der Waals surface area contributed by atoms with E-state index in [0.717, 1.165) is 25.1 Å². The van der Waals surface area contributed by atoms with Crippen molar-refractivity contribution in [1.29, 1.82) is 0 Å². The van der Waals surface area contributed by atoms with E-state index < -0.39 is 21.9 Å². The first-order chi connectivity index (χ1) is 12.5. The number of halogens is 1. The van der Waals surface area contributed by atoms with Crippen LogP contribution in [-0.4, -0.2) is 38.4 Å². The Hall–Kier alpha value is -2.68. The van der Waals surface area contributed by atoms with Crippen LogP contribution in [0.2, 0.25) is 0 Å². The molecule has 1 N–H and O–H groups in total. The number of nitrogens with zero attached hydrogens (tertiary/aromatic N) is 3. The number of carbonyl (C=O) groups excluding carboxylic acids is 1. The van der Waals surface area contributed by atoms with Gasteiger partial charge in [-0.25, -0.2) is 13.0 Å². The topological polar surface area (TPSA) is 82.6 Å². The molecule has 2 aromatic rings. The SMILES string of the molecule is O=C(NCCN1c2ccccc2N(C2CC2)S1(=O)=O)c1cncc(F)c1. The maximum atomic E-state index is 13.2. The highest BCUT2D eigenvalue weighted by Gasteiger charge is 2.47. The van der Waals surface area contributed by atoms with E-state index in [1.165, 1.54) is 14.8 Å². The molecule has 1 aromatic heterocycles. The van der Waals surface area contributed by atoms with Crippen molar-refractivity contribution < 1.29 is 17.6 Å². The highest BCUT2D eigenvalue weighted by atomic mass is 32.2. The van der Waals surface area contributed by atoms with Crippen LogP contribution < -0.4 is 13.9 Å². The van der Waals surface area contributed by atoms with Crippen molar-refractivity contribution in [2.24, 2.45) is 0 Å². The summed E-state index contributed by atoms with van der Waals surface area (Å²) in [5.74, 6) is -1.10. The highest BCUT2D eigenvalue weighted by Crippen LogP contribution is 2.46. The molecule has 1 aliphatic heterocycles. The van der Waals surface area contributed by atoms with Crippen molar-refractivity contribution in [1.82, 2.24) is 10.3 Å². The number of fused-ring (bicyclic) bond motifs is 1. The molecule has 26 heavy (non-hydrogen) atoms. The van der Waals surface area contributed by atoms with E-state index in [0.29, 0.717) is 11.4 Å². The molecule has 0 spiro atoms. The summed E-state index contributed by atoms with van der Waals surface area (Å²) in [5.41, 5.74) is 1.38. The molecule has 7 nitrogen and oxygen atoms in total. The van der Waals surface area contributed by atoms with Gasteiger partial charge in [-0.15, -0.1) is 0 Å². The number of rotatable bonds is 5. The molecule has 1 aromatic carbocycles. The van der Waals surface area contributed by atoms with Crippen LogP contribution in [0.4, 0.5) is 15.8 Å². The van der Waals surface area contributed by atoms with Gasteiger partial charge in [-0.2, -0.15) is 8.42 Å². The summed E-state index contributed by atoms with van der Waals surface area (Å²) >= 11 is 0. The Kier molecular flexibility index (Phi) is 4.03. The van der Waals surface area contributed by atoms with E-state index in [2.05, 4.69) is 10.3 Å². The largest absolute Gasteiger partial charge is 0.350 e. The van der Waals surface area contributed by atoms with E-state index in [1.54, 1.807) is 18.2 Å². The van der Waals surface area contributed by atoms with Gasteiger partial charge in [-0.1, -0.05) is 12.1 Å². The minimum absolute atomic E-state index is 0.0131. The molecule has 0 unspecified atom stereocenters. The summed E-state index contributed by atoms with van der Waals surface area (Å²) in [6.07, 6.45) is 3.97. The zero-order valence-corrected chi connectivity index (χ0v) is 14.6. The van der Waals surface area contributed by atoms with Gasteiger partial charge < -0.3 is 5.32 Å². The molecule has 9 heteroatoms. The second kappa shape index (κ2) is 6.24. The Bertz CT molecular complexity index is 962. The van der Waals surface area contributed by atoms with Crippen molar-refractivity contribution >= 4 is 27.5 Å². The number of carbonyl (C=O) groups is 1. The monoisotopic (exact) mass is 376 g/mol.